The van der Waals surface area contributed by atoms with Gasteiger partial charge in [0.25, 0.3) is 0 Å². The molecule has 2 N–H and O–H groups in total. The summed E-state index contributed by atoms with van der Waals surface area (Å²) in [5.74, 6) is 0. The van der Waals surface area contributed by atoms with Crippen molar-refractivity contribution >= 4 is 21.6 Å². The van der Waals surface area contributed by atoms with Gasteiger partial charge in [0.05, 0.1) is 23.9 Å². The Balaban J connectivity index is 2.21. The summed E-state index contributed by atoms with van der Waals surface area (Å²) in [5.41, 5.74) is 10.8. The van der Waals surface area contributed by atoms with Gasteiger partial charge in [0.1, 0.15) is 0 Å². The second-order valence-electron chi connectivity index (χ2n) is 4.54. The number of nitrogens with two attached hydrogens (primary N) is 1. The summed E-state index contributed by atoms with van der Waals surface area (Å²) in [6.45, 7) is 2.07. The summed E-state index contributed by atoms with van der Waals surface area (Å²) in [6.07, 6.45) is 7.03. The molecule has 2 aromatic heterocycles. The first-order valence-electron chi connectivity index (χ1n) is 6.15. The minimum atomic E-state index is 0.689. The fourth-order valence-electron chi connectivity index (χ4n) is 2.15. The second kappa shape index (κ2) is 5.09. The topological polar surface area (TPSA) is 56.7 Å². The summed E-state index contributed by atoms with van der Waals surface area (Å²) in [7, 11) is 0. The van der Waals surface area contributed by atoms with Gasteiger partial charge < -0.3 is 5.73 Å². The number of nitrogen functional groups attached to an aromatic ring is 1. The second-order valence-corrected chi connectivity index (χ2v) is 5.46. The van der Waals surface area contributed by atoms with Crippen molar-refractivity contribution in [3.8, 4) is 16.9 Å². The number of aromatic nitrogens is 3. The number of nitrogens with zero attached hydrogens (tertiary/aromatic N) is 3. The Hall–Kier alpha value is -2.14. The Morgan fingerprint density at radius 3 is 2.80 bits per heavy atom. The molecular weight excluding hydrogens is 316 g/mol. The molecule has 2 heterocycles. The Labute approximate surface area is 125 Å². The molecule has 0 unspecified atom stereocenters. The molecule has 5 heteroatoms. The van der Waals surface area contributed by atoms with E-state index in [0.29, 0.717) is 5.69 Å². The number of halogens is 1. The van der Waals surface area contributed by atoms with Gasteiger partial charge in [-0.25, -0.2) is 4.98 Å². The van der Waals surface area contributed by atoms with Crippen LogP contribution >= 0.6 is 15.9 Å². The maximum Gasteiger partial charge on any atom is 0.0997 e. The van der Waals surface area contributed by atoms with E-state index in [2.05, 4.69) is 45.0 Å². The molecule has 0 spiro atoms. The molecule has 0 aliphatic carbocycles. The highest BCUT2D eigenvalue weighted by Gasteiger charge is 2.11. The van der Waals surface area contributed by atoms with Crippen LogP contribution in [0.15, 0.2) is 53.7 Å². The van der Waals surface area contributed by atoms with Gasteiger partial charge in [0.15, 0.2) is 0 Å². The molecule has 0 aliphatic rings. The summed E-state index contributed by atoms with van der Waals surface area (Å²) < 4.78 is 3.05. The SMILES string of the molecule is Cc1ccc(Br)cc1-n1cncc1-c1cnccc1N. The molecule has 100 valence electrons. The van der Waals surface area contributed by atoms with Gasteiger partial charge in [0, 0.05) is 28.1 Å². The highest BCUT2D eigenvalue weighted by molar-refractivity contribution is 9.10. The Morgan fingerprint density at radius 2 is 2.00 bits per heavy atom. The number of pyridine rings is 1. The molecule has 0 fully saturated rings. The highest BCUT2D eigenvalue weighted by Crippen LogP contribution is 2.29. The Kier molecular flexibility index (Phi) is 3.28. The van der Waals surface area contributed by atoms with E-state index in [1.54, 1.807) is 31.0 Å². The summed E-state index contributed by atoms with van der Waals surface area (Å²) in [4.78, 5) is 8.40. The third kappa shape index (κ3) is 2.20. The van der Waals surface area contributed by atoms with Gasteiger partial charge in [-0.2, -0.15) is 0 Å². The molecule has 0 saturated carbocycles. The number of aryl methyl sites for hydroxylation is 1. The number of hydrogen-bond acceptors (Lipinski definition) is 3. The van der Waals surface area contributed by atoms with Crippen LogP contribution < -0.4 is 5.73 Å². The number of rotatable bonds is 2. The largest absolute Gasteiger partial charge is 0.398 e. The number of benzene rings is 1. The minimum absolute atomic E-state index is 0.689. The van der Waals surface area contributed by atoms with Gasteiger partial charge in [-0.3, -0.25) is 9.55 Å². The van der Waals surface area contributed by atoms with E-state index in [1.807, 2.05) is 10.6 Å². The fourth-order valence-corrected chi connectivity index (χ4v) is 2.50. The van der Waals surface area contributed by atoms with Gasteiger partial charge in [-0.15, -0.1) is 0 Å². The number of imidazole rings is 1. The molecular formula is C15H13BrN4. The lowest BCUT2D eigenvalue weighted by Crippen LogP contribution is -2.00. The lowest BCUT2D eigenvalue weighted by atomic mass is 10.1. The quantitative estimate of drug-likeness (QED) is 0.782. The third-order valence-corrected chi connectivity index (χ3v) is 3.69. The zero-order valence-corrected chi connectivity index (χ0v) is 12.5. The summed E-state index contributed by atoms with van der Waals surface area (Å²) in [5, 5.41) is 0. The van der Waals surface area contributed by atoms with E-state index in [1.165, 1.54) is 0 Å². The average Bonchev–Trinajstić information content (AvgIpc) is 2.91. The zero-order chi connectivity index (χ0) is 14.1. The van der Waals surface area contributed by atoms with Crippen LogP contribution in [-0.2, 0) is 0 Å². The lowest BCUT2D eigenvalue weighted by molar-refractivity contribution is 1.04. The van der Waals surface area contributed by atoms with Crippen molar-refractivity contribution in [2.75, 3.05) is 5.73 Å². The molecule has 20 heavy (non-hydrogen) atoms. The molecule has 3 aromatic rings. The highest BCUT2D eigenvalue weighted by atomic mass is 79.9. The monoisotopic (exact) mass is 328 g/mol. The molecule has 0 saturated heterocycles. The zero-order valence-electron chi connectivity index (χ0n) is 10.9. The van der Waals surface area contributed by atoms with Crippen molar-refractivity contribution in [2.24, 2.45) is 0 Å². The Morgan fingerprint density at radius 1 is 1.15 bits per heavy atom. The molecule has 0 atom stereocenters. The smallest absolute Gasteiger partial charge is 0.0997 e. The average molecular weight is 329 g/mol. The number of anilines is 1. The standard InChI is InChI=1S/C15H13BrN4/c1-10-2-3-11(16)6-14(10)20-9-19-8-15(20)12-7-18-5-4-13(12)17/h2-9H,1H3,(H2,17,18). The van der Waals surface area contributed by atoms with E-state index in [-0.39, 0.29) is 0 Å². The molecule has 0 radical (unpaired) electrons. The predicted molar refractivity (Wildman–Crippen MR) is 83.6 cm³/mol. The first-order chi connectivity index (χ1) is 9.66. The van der Waals surface area contributed by atoms with Crippen molar-refractivity contribution in [1.29, 1.82) is 0 Å². The van der Waals surface area contributed by atoms with Crippen LogP contribution in [0.25, 0.3) is 16.9 Å². The van der Waals surface area contributed by atoms with Gasteiger partial charge >= 0.3 is 0 Å². The molecule has 1 aromatic carbocycles. The molecule has 4 nitrogen and oxygen atoms in total. The van der Waals surface area contributed by atoms with Gasteiger partial charge in [-0.05, 0) is 30.7 Å². The van der Waals surface area contributed by atoms with E-state index in [0.717, 1.165) is 27.0 Å². The van der Waals surface area contributed by atoms with Crippen LogP contribution in [0.4, 0.5) is 5.69 Å². The van der Waals surface area contributed by atoms with E-state index < -0.39 is 0 Å². The van der Waals surface area contributed by atoms with Crippen LogP contribution in [0.2, 0.25) is 0 Å². The predicted octanol–water partition coefficient (Wildman–Crippen LogP) is 3.59. The first kappa shape index (κ1) is 12.9. The van der Waals surface area contributed by atoms with Crippen LogP contribution in [-0.4, -0.2) is 14.5 Å². The molecule has 0 aliphatic heterocycles. The van der Waals surface area contributed by atoms with Gasteiger partial charge in [-0.1, -0.05) is 22.0 Å². The van der Waals surface area contributed by atoms with Gasteiger partial charge in [0.2, 0.25) is 0 Å². The fraction of sp³-hybridized carbons (Fsp3) is 0.0667. The number of hydrogen-bond donors (Lipinski definition) is 1. The van der Waals surface area contributed by atoms with E-state index >= 15 is 0 Å². The van der Waals surface area contributed by atoms with Crippen molar-refractivity contribution in [1.82, 2.24) is 14.5 Å². The first-order valence-corrected chi connectivity index (χ1v) is 6.95. The normalized spacial score (nSPS) is 10.7. The van der Waals surface area contributed by atoms with E-state index in [4.69, 9.17) is 5.73 Å². The lowest BCUT2D eigenvalue weighted by Gasteiger charge is -2.12. The third-order valence-electron chi connectivity index (χ3n) is 3.20. The van der Waals surface area contributed by atoms with Crippen LogP contribution in [0, 0.1) is 6.92 Å². The van der Waals surface area contributed by atoms with Crippen LogP contribution in [0.1, 0.15) is 5.56 Å². The van der Waals surface area contributed by atoms with Crippen molar-refractivity contribution in [3.05, 3.63) is 59.2 Å². The van der Waals surface area contributed by atoms with Crippen LogP contribution in [0.3, 0.4) is 0 Å². The summed E-state index contributed by atoms with van der Waals surface area (Å²) in [6, 6.07) is 7.94. The van der Waals surface area contributed by atoms with Crippen molar-refractivity contribution < 1.29 is 0 Å². The molecule has 0 amide bonds. The van der Waals surface area contributed by atoms with Crippen LogP contribution in [0.5, 0.6) is 0 Å². The molecule has 0 bridgehead atoms. The maximum absolute atomic E-state index is 6.04. The minimum Gasteiger partial charge on any atom is -0.398 e. The summed E-state index contributed by atoms with van der Waals surface area (Å²) >= 11 is 3.51. The van der Waals surface area contributed by atoms with E-state index in [9.17, 15) is 0 Å². The van der Waals surface area contributed by atoms with Crippen molar-refractivity contribution in [2.45, 2.75) is 6.92 Å². The Bertz CT molecular complexity index is 764. The van der Waals surface area contributed by atoms with Crippen molar-refractivity contribution in [3.63, 3.8) is 0 Å². The maximum atomic E-state index is 6.04. The molecule has 3 rings (SSSR count).